The Balaban J connectivity index is 0.869. The van der Waals surface area contributed by atoms with Crippen LogP contribution in [0.1, 0.15) is 0 Å². The molecule has 0 radical (unpaired) electrons. The minimum absolute atomic E-state index is 0.852. The van der Waals surface area contributed by atoms with Crippen molar-refractivity contribution in [1.82, 2.24) is 0 Å². The molecular weight excluding hydrogens is 949 g/mol. The Labute approximate surface area is 449 Å². The molecule has 4 nitrogen and oxygen atoms in total. The molecule has 16 aromatic rings. The van der Waals surface area contributed by atoms with Gasteiger partial charge in [-0.05, 0) is 126 Å². The van der Waals surface area contributed by atoms with Crippen LogP contribution in [0.3, 0.4) is 0 Å². The van der Waals surface area contributed by atoms with Gasteiger partial charge in [0.05, 0.1) is 17.1 Å². The second-order valence-corrected chi connectivity index (χ2v) is 20.3. The second-order valence-electron chi connectivity index (χ2n) is 20.3. The molecule has 0 aliphatic rings. The highest BCUT2D eigenvalue weighted by molar-refractivity contribution is 6.30. The Kier molecular flexibility index (Phi) is 9.91. The van der Waals surface area contributed by atoms with E-state index in [4.69, 9.17) is 8.83 Å². The number of furan rings is 2. The molecule has 0 unspecified atom stereocenters. The van der Waals surface area contributed by atoms with Crippen LogP contribution >= 0.6 is 0 Å². The van der Waals surface area contributed by atoms with Gasteiger partial charge >= 0.3 is 0 Å². The van der Waals surface area contributed by atoms with Crippen molar-refractivity contribution in [2.75, 3.05) is 9.80 Å². The molecule has 16 rings (SSSR count). The summed E-state index contributed by atoms with van der Waals surface area (Å²) in [6, 6.07) is 101. The van der Waals surface area contributed by atoms with Gasteiger partial charge in [-0.2, -0.15) is 0 Å². The van der Waals surface area contributed by atoms with E-state index in [-0.39, 0.29) is 0 Å². The molecule has 78 heavy (non-hydrogen) atoms. The summed E-state index contributed by atoms with van der Waals surface area (Å²) in [4.78, 5) is 4.77. The Hall–Kier alpha value is -10.4. The summed E-state index contributed by atoms with van der Waals surface area (Å²) in [5, 5.41) is 16.2. The van der Waals surface area contributed by atoms with Gasteiger partial charge in [0.1, 0.15) is 16.7 Å². The van der Waals surface area contributed by atoms with Crippen molar-refractivity contribution >= 4 is 132 Å². The molecule has 0 aliphatic carbocycles. The fourth-order valence-corrected chi connectivity index (χ4v) is 12.5. The van der Waals surface area contributed by atoms with Crippen LogP contribution in [-0.4, -0.2) is 0 Å². The normalized spacial score (nSPS) is 11.8. The highest BCUT2D eigenvalue weighted by Gasteiger charge is 2.26. The molecule has 0 atom stereocenters. The van der Waals surface area contributed by atoms with Crippen molar-refractivity contribution in [2.24, 2.45) is 0 Å². The lowest BCUT2D eigenvalue weighted by Gasteiger charge is -2.29. The number of nitrogens with zero attached hydrogens (tertiary/aromatic N) is 2. The lowest BCUT2D eigenvalue weighted by atomic mass is 9.95. The first-order chi connectivity index (χ1) is 38.7. The van der Waals surface area contributed by atoms with E-state index in [1.54, 1.807) is 0 Å². The average molecular weight is 995 g/mol. The molecule has 0 N–H and O–H groups in total. The molecule has 364 valence electrons. The highest BCUT2D eigenvalue weighted by Crippen LogP contribution is 2.50. The predicted octanol–water partition coefficient (Wildman–Crippen LogP) is 21.5. The van der Waals surface area contributed by atoms with E-state index in [1.165, 1.54) is 32.5 Å². The van der Waals surface area contributed by atoms with Crippen molar-refractivity contribution in [3.05, 3.63) is 279 Å². The SMILES string of the molecule is c1ccc(-c2ccc(N(c3ccc(-c4ccc(N(c5ccccc5)c5cc6ccccc6c6c5oc5ccc7ccccc7c56)cc4)c4ccccc34)c3cc4oc5ccc6ccccc6c5c4c4ccccc34)cc2)cc1. The smallest absolute Gasteiger partial charge is 0.160 e. The fraction of sp³-hybridized carbons (Fsp3) is 0. The molecule has 0 amide bonds. The zero-order valence-corrected chi connectivity index (χ0v) is 42.3. The zero-order valence-electron chi connectivity index (χ0n) is 42.3. The van der Waals surface area contributed by atoms with Crippen LogP contribution in [0, 0.1) is 0 Å². The summed E-state index contributed by atoms with van der Waals surface area (Å²) in [5.74, 6) is 0. The molecule has 0 fully saturated rings. The van der Waals surface area contributed by atoms with E-state index in [0.717, 1.165) is 122 Å². The number of rotatable bonds is 8. The monoisotopic (exact) mass is 994 g/mol. The Bertz CT molecular complexity index is 5020. The molecule has 14 aromatic carbocycles. The molecular formula is C74H46N2O2. The van der Waals surface area contributed by atoms with E-state index in [2.05, 4.69) is 289 Å². The van der Waals surface area contributed by atoms with Crippen LogP contribution in [0.4, 0.5) is 34.1 Å². The summed E-state index contributed by atoms with van der Waals surface area (Å²) in [7, 11) is 0. The van der Waals surface area contributed by atoms with Gasteiger partial charge in [-0.1, -0.05) is 212 Å². The number of hydrogen-bond donors (Lipinski definition) is 0. The maximum Gasteiger partial charge on any atom is 0.160 e. The van der Waals surface area contributed by atoms with Crippen molar-refractivity contribution in [3.8, 4) is 22.3 Å². The molecule has 4 heteroatoms. The second kappa shape index (κ2) is 17.6. The average Bonchev–Trinajstić information content (AvgIpc) is 4.18. The van der Waals surface area contributed by atoms with E-state index in [1.807, 2.05) is 0 Å². The largest absolute Gasteiger partial charge is 0.456 e. The third kappa shape index (κ3) is 6.87. The third-order valence-electron chi connectivity index (χ3n) is 16.0. The van der Waals surface area contributed by atoms with E-state index >= 15 is 0 Å². The number of benzene rings is 14. The van der Waals surface area contributed by atoms with Gasteiger partial charge in [0.15, 0.2) is 5.58 Å². The quantitative estimate of drug-likeness (QED) is 0.152. The Morgan fingerprint density at radius 1 is 0.231 bits per heavy atom. The van der Waals surface area contributed by atoms with Gasteiger partial charge in [0, 0.05) is 55.4 Å². The Morgan fingerprint density at radius 2 is 0.692 bits per heavy atom. The van der Waals surface area contributed by atoms with Crippen molar-refractivity contribution in [3.63, 3.8) is 0 Å². The van der Waals surface area contributed by atoms with Crippen LogP contribution in [0.15, 0.2) is 288 Å². The maximum atomic E-state index is 7.01. The summed E-state index contributed by atoms with van der Waals surface area (Å²) >= 11 is 0. The van der Waals surface area contributed by atoms with Gasteiger partial charge in [-0.3, -0.25) is 0 Å². The first kappa shape index (κ1) is 43.9. The lowest BCUT2D eigenvalue weighted by Crippen LogP contribution is -2.11. The molecule has 0 aliphatic heterocycles. The molecule has 0 bridgehead atoms. The topological polar surface area (TPSA) is 32.8 Å². The van der Waals surface area contributed by atoms with E-state index in [0.29, 0.717) is 0 Å². The number of hydrogen-bond acceptors (Lipinski definition) is 4. The maximum absolute atomic E-state index is 7.01. The molecule has 0 saturated heterocycles. The molecule has 0 spiro atoms. The summed E-state index contributed by atoms with van der Waals surface area (Å²) in [5.41, 5.74) is 14.3. The molecule has 2 aromatic heterocycles. The summed E-state index contributed by atoms with van der Waals surface area (Å²) < 4.78 is 13.9. The van der Waals surface area contributed by atoms with E-state index in [9.17, 15) is 0 Å². The number of para-hydroxylation sites is 1. The first-order valence-electron chi connectivity index (χ1n) is 26.6. The third-order valence-corrected chi connectivity index (χ3v) is 16.0. The highest BCUT2D eigenvalue weighted by atomic mass is 16.3. The first-order valence-corrected chi connectivity index (χ1v) is 26.6. The van der Waals surface area contributed by atoms with Crippen molar-refractivity contribution in [1.29, 1.82) is 0 Å². The van der Waals surface area contributed by atoms with Gasteiger partial charge < -0.3 is 18.6 Å². The van der Waals surface area contributed by atoms with Crippen molar-refractivity contribution < 1.29 is 8.83 Å². The van der Waals surface area contributed by atoms with Crippen LogP contribution in [0.2, 0.25) is 0 Å². The van der Waals surface area contributed by atoms with Crippen molar-refractivity contribution in [2.45, 2.75) is 0 Å². The minimum Gasteiger partial charge on any atom is -0.456 e. The van der Waals surface area contributed by atoms with Gasteiger partial charge in [0.25, 0.3) is 0 Å². The fourth-order valence-electron chi connectivity index (χ4n) is 12.5. The zero-order chi connectivity index (χ0) is 51.3. The van der Waals surface area contributed by atoms with Crippen LogP contribution < -0.4 is 9.80 Å². The standard InChI is InChI=1S/C74H46N2O2/c1-3-17-47(18-4-1)48-31-37-55(38-32-48)76(65-46-69-72(63-30-16-15-29-62(63)65)70-57-24-10-7-19-49(57)35-43-67(70)77-69)64-42-41-56(60-27-13-14-28-61(60)64)51-33-39-54(40-34-51)75(53-22-5-2-6-23-53)66-45-52-21-9-12-26-59(52)73-71-58-25-11-8-20-50(58)36-44-68(71)78-74(66)73/h1-46H. The molecule has 0 saturated carbocycles. The number of anilines is 6. The summed E-state index contributed by atoms with van der Waals surface area (Å²) in [6.45, 7) is 0. The molecule has 2 heterocycles. The number of fused-ring (bicyclic) bond motifs is 15. The van der Waals surface area contributed by atoms with Crippen LogP contribution in [0.25, 0.3) is 120 Å². The van der Waals surface area contributed by atoms with Crippen LogP contribution in [-0.2, 0) is 0 Å². The Morgan fingerprint density at radius 3 is 1.36 bits per heavy atom. The summed E-state index contributed by atoms with van der Waals surface area (Å²) in [6.07, 6.45) is 0. The van der Waals surface area contributed by atoms with Gasteiger partial charge in [0.2, 0.25) is 0 Å². The predicted molar refractivity (Wildman–Crippen MR) is 329 cm³/mol. The lowest BCUT2D eigenvalue weighted by molar-refractivity contribution is 0.669. The van der Waals surface area contributed by atoms with Crippen LogP contribution in [0.5, 0.6) is 0 Å². The van der Waals surface area contributed by atoms with Gasteiger partial charge in [-0.25, -0.2) is 0 Å². The van der Waals surface area contributed by atoms with Gasteiger partial charge in [-0.15, -0.1) is 0 Å². The van der Waals surface area contributed by atoms with E-state index < -0.39 is 0 Å². The minimum atomic E-state index is 0.852.